The number of carbonyl (C=O) groups is 1. The number of hydrogen-bond donors (Lipinski definition) is 1. The van der Waals surface area contributed by atoms with Gasteiger partial charge < -0.3 is 5.32 Å². The first kappa shape index (κ1) is 17.5. The quantitative estimate of drug-likeness (QED) is 0.737. The van der Waals surface area contributed by atoms with E-state index in [1.54, 1.807) is 12.1 Å². The van der Waals surface area contributed by atoms with Crippen LogP contribution in [0.25, 0.3) is 0 Å². The minimum Gasteiger partial charge on any atom is -0.355 e. The SMILES string of the molecule is Cc1cccc(CCCNC(=O)CSCc2ccccc2F)c1. The first-order chi connectivity index (χ1) is 11.1. The molecule has 4 heteroatoms. The van der Waals surface area contributed by atoms with Gasteiger partial charge in [0.15, 0.2) is 0 Å². The fraction of sp³-hybridized carbons (Fsp3) is 0.316. The van der Waals surface area contributed by atoms with E-state index in [1.165, 1.54) is 29.0 Å². The first-order valence-corrected chi connectivity index (χ1v) is 8.94. The first-order valence-electron chi connectivity index (χ1n) is 7.78. The van der Waals surface area contributed by atoms with Crippen LogP contribution in [-0.2, 0) is 17.0 Å². The fourth-order valence-corrected chi connectivity index (χ4v) is 3.15. The Labute approximate surface area is 141 Å². The second kappa shape index (κ2) is 9.36. The molecule has 0 aliphatic carbocycles. The van der Waals surface area contributed by atoms with Crippen LogP contribution in [0.3, 0.4) is 0 Å². The van der Waals surface area contributed by atoms with Gasteiger partial charge in [0, 0.05) is 12.3 Å². The topological polar surface area (TPSA) is 29.1 Å². The molecule has 0 atom stereocenters. The van der Waals surface area contributed by atoms with E-state index in [9.17, 15) is 9.18 Å². The minimum absolute atomic E-state index is 0.00980. The molecule has 23 heavy (non-hydrogen) atoms. The summed E-state index contributed by atoms with van der Waals surface area (Å²) in [6.45, 7) is 2.76. The van der Waals surface area contributed by atoms with E-state index in [1.807, 2.05) is 6.07 Å². The van der Waals surface area contributed by atoms with Gasteiger partial charge in [-0.15, -0.1) is 11.8 Å². The number of aryl methyl sites for hydroxylation is 2. The number of hydrogen-bond acceptors (Lipinski definition) is 2. The molecule has 2 aromatic carbocycles. The molecule has 0 bridgehead atoms. The van der Waals surface area contributed by atoms with Crippen LogP contribution in [-0.4, -0.2) is 18.2 Å². The number of benzene rings is 2. The number of halogens is 1. The van der Waals surface area contributed by atoms with Crippen molar-refractivity contribution in [1.82, 2.24) is 5.32 Å². The maximum atomic E-state index is 13.4. The third kappa shape index (κ3) is 6.45. The summed E-state index contributed by atoms with van der Waals surface area (Å²) in [7, 11) is 0. The molecule has 0 fully saturated rings. The van der Waals surface area contributed by atoms with Gasteiger partial charge in [-0.3, -0.25) is 4.79 Å². The summed E-state index contributed by atoms with van der Waals surface area (Å²) in [6.07, 6.45) is 1.89. The van der Waals surface area contributed by atoms with Crippen molar-refractivity contribution in [3.05, 3.63) is 71.0 Å². The lowest BCUT2D eigenvalue weighted by atomic mass is 10.1. The Hall–Kier alpha value is -1.81. The van der Waals surface area contributed by atoms with E-state index in [4.69, 9.17) is 0 Å². The average Bonchev–Trinajstić information content (AvgIpc) is 2.53. The molecule has 0 spiro atoms. The number of thioether (sulfide) groups is 1. The van der Waals surface area contributed by atoms with Crippen LogP contribution in [0.4, 0.5) is 4.39 Å². The van der Waals surface area contributed by atoms with Crippen molar-refractivity contribution < 1.29 is 9.18 Å². The Morgan fingerprint density at radius 3 is 2.78 bits per heavy atom. The smallest absolute Gasteiger partial charge is 0.230 e. The molecule has 122 valence electrons. The number of amides is 1. The molecule has 2 nitrogen and oxygen atoms in total. The van der Waals surface area contributed by atoms with Crippen LogP contribution in [0.1, 0.15) is 23.1 Å². The Morgan fingerprint density at radius 1 is 1.17 bits per heavy atom. The van der Waals surface area contributed by atoms with Gasteiger partial charge in [0.05, 0.1) is 5.75 Å². The molecule has 1 amide bonds. The summed E-state index contributed by atoms with van der Waals surface area (Å²) in [5, 5.41) is 2.91. The molecular weight excluding hydrogens is 309 g/mol. The van der Waals surface area contributed by atoms with Crippen LogP contribution < -0.4 is 5.32 Å². The average molecular weight is 331 g/mol. The van der Waals surface area contributed by atoms with E-state index < -0.39 is 0 Å². The molecule has 2 aromatic rings. The second-order valence-corrected chi connectivity index (χ2v) is 6.51. The summed E-state index contributed by atoms with van der Waals surface area (Å²) in [5.41, 5.74) is 3.20. The number of nitrogens with one attached hydrogen (secondary N) is 1. The van der Waals surface area contributed by atoms with E-state index in [0.29, 0.717) is 23.6 Å². The van der Waals surface area contributed by atoms with Crippen LogP contribution in [0.15, 0.2) is 48.5 Å². The van der Waals surface area contributed by atoms with Crippen molar-refractivity contribution in [2.24, 2.45) is 0 Å². The molecular formula is C19H22FNOS. The zero-order valence-electron chi connectivity index (χ0n) is 13.3. The fourth-order valence-electron chi connectivity index (χ4n) is 2.31. The summed E-state index contributed by atoms with van der Waals surface area (Å²) in [5.74, 6) is 0.677. The third-order valence-electron chi connectivity index (χ3n) is 3.50. The zero-order valence-corrected chi connectivity index (χ0v) is 14.2. The monoisotopic (exact) mass is 331 g/mol. The van der Waals surface area contributed by atoms with Crippen molar-refractivity contribution in [2.45, 2.75) is 25.5 Å². The lowest BCUT2D eigenvalue weighted by Crippen LogP contribution is -2.26. The lowest BCUT2D eigenvalue weighted by molar-refractivity contribution is -0.118. The van der Waals surface area contributed by atoms with Gasteiger partial charge in [0.25, 0.3) is 0 Å². The Balaban J connectivity index is 1.59. The Kier molecular flexibility index (Phi) is 7.14. The lowest BCUT2D eigenvalue weighted by Gasteiger charge is -2.06. The van der Waals surface area contributed by atoms with E-state index in [0.717, 1.165) is 12.8 Å². The summed E-state index contributed by atoms with van der Waals surface area (Å²) >= 11 is 1.43. The summed E-state index contributed by atoms with van der Waals surface area (Å²) in [6, 6.07) is 15.1. The minimum atomic E-state index is -0.210. The highest BCUT2D eigenvalue weighted by Crippen LogP contribution is 2.15. The van der Waals surface area contributed by atoms with Crippen molar-refractivity contribution in [3.63, 3.8) is 0 Å². The largest absolute Gasteiger partial charge is 0.355 e. The number of carbonyl (C=O) groups excluding carboxylic acids is 1. The van der Waals surface area contributed by atoms with Gasteiger partial charge in [-0.1, -0.05) is 48.0 Å². The van der Waals surface area contributed by atoms with Gasteiger partial charge in [-0.2, -0.15) is 0 Å². The molecule has 0 aromatic heterocycles. The molecule has 0 saturated carbocycles. The maximum Gasteiger partial charge on any atom is 0.230 e. The van der Waals surface area contributed by atoms with Gasteiger partial charge in [0.2, 0.25) is 5.91 Å². The molecule has 0 heterocycles. The van der Waals surface area contributed by atoms with Crippen LogP contribution in [0.5, 0.6) is 0 Å². The zero-order chi connectivity index (χ0) is 16.5. The summed E-state index contributed by atoms with van der Waals surface area (Å²) < 4.78 is 13.4. The Bertz CT molecular complexity index is 645. The van der Waals surface area contributed by atoms with Crippen LogP contribution >= 0.6 is 11.8 Å². The summed E-state index contributed by atoms with van der Waals surface area (Å²) in [4.78, 5) is 11.8. The highest BCUT2D eigenvalue weighted by molar-refractivity contribution is 7.99. The number of rotatable bonds is 8. The predicted octanol–water partition coefficient (Wildman–Crippen LogP) is 4.12. The maximum absolute atomic E-state index is 13.4. The molecule has 2 rings (SSSR count). The van der Waals surface area contributed by atoms with Gasteiger partial charge in [0.1, 0.15) is 5.82 Å². The normalized spacial score (nSPS) is 10.5. The molecule has 0 unspecified atom stereocenters. The van der Waals surface area contributed by atoms with Gasteiger partial charge >= 0.3 is 0 Å². The van der Waals surface area contributed by atoms with E-state index >= 15 is 0 Å². The second-order valence-electron chi connectivity index (χ2n) is 5.53. The van der Waals surface area contributed by atoms with Crippen LogP contribution in [0.2, 0.25) is 0 Å². The molecule has 0 aliphatic heterocycles. The van der Waals surface area contributed by atoms with Gasteiger partial charge in [-0.25, -0.2) is 4.39 Å². The van der Waals surface area contributed by atoms with E-state index in [2.05, 4.69) is 36.5 Å². The Morgan fingerprint density at radius 2 is 2.00 bits per heavy atom. The van der Waals surface area contributed by atoms with Crippen molar-refractivity contribution in [2.75, 3.05) is 12.3 Å². The highest BCUT2D eigenvalue weighted by Gasteiger charge is 2.04. The standard InChI is InChI=1S/C19H22FNOS/c1-15-6-4-7-16(12-15)8-5-11-21-19(22)14-23-13-17-9-2-3-10-18(17)20/h2-4,6-7,9-10,12H,5,8,11,13-14H2,1H3,(H,21,22). The van der Waals surface area contributed by atoms with E-state index in [-0.39, 0.29) is 11.7 Å². The van der Waals surface area contributed by atoms with Crippen LogP contribution in [0, 0.1) is 12.7 Å². The van der Waals surface area contributed by atoms with Crippen molar-refractivity contribution >= 4 is 17.7 Å². The highest BCUT2D eigenvalue weighted by atomic mass is 32.2. The molecule has 0 aliphatic rings. The molecule has 0 radical (unpaired) electrons. The third-order valence-corrected chi connectivity index (χ3v) is 4.48. The predicted molar refractivity (Wildman–Crippen MR) is 95.1 cm³/mol. The van der Waals surface area contributed by atoms with Crippen molar-refractivity contribution in [3.8, 4) is 0 Å². The molecule has 1 N–H and O–H groups in total. The van der Waals surface area contributed by atoms with Crippen molar-refractivity contribution in [1.29, 1.82) is 0 Å². The molecule has 0 saturated heterocycles. The van der Waals surface area contributed by atoms with Gasteiger partial charge in [-0.05, 0) is 37.0 Å².